The van der Waals surface area contributed by atoms with Gasteiger partial charge in [0.15, 0.2) is 6.61 Å². The first kappa shape index (κ1) is 21.8. The zero-order chi connectivity index (χ0) is 22.5. The first-order valence-corrected chi connectivity index (χ1v) is 11.0. The molecule has 1 N–H and O–H groups in total. The van der Waals surface area contributed by atoms with Crippen molar-refractivity contribution < 1.29 is 14.3 Å². The predicted molar refractivity (Wildman–Crippen MR) is 127 cm³/mol. The second-order valence-corrected chi connectivity index (χ2v) is 8.27. The lowest BCUT2D eigenvalue weighted by Crippen LogP contribution is -2.51. The Balaban J connectivity index is 1.23. The van der Waals surface area contributed by atoms with Gasteiger partial charge >= 0.3 is 0 Å². The molecule has 1 aliphatic rings. The van der Waals surface area contributed by atoms with Crippen LogP contribution in [0.3, 0.4) is 0 Å². The second kappa shape index (κ2) is 9.83. The van der Waals surface area contributed by atoms with Crippen LogP contribution in [0, 0.1) is 13.8 Å². The summed E-state index contributed by atoms with van der Waals surface area (Å²) in [6, 6.07) is 19.9. The topological polar surface area (TPSA) is 61.9 Å². The number of hydrogen-bond acceptors (Lipinski definition) is 4. The molecule has 0 aromatic heterocycles. The van der Waals surface area contributed by atoms with Crippen molar-refractivity contribution in [2.24, 2.45) is 0 Å². The van der Waals surface area contributed by atoms with Gasteiger partial charge in [-0.25, -0.2) is 0 Å². The SMILES string of the molecule is Cc1cccc(C)c1NC(=O)CN1CCN(C(=O)COc2ccc3ccccc3c2)CC1. The lowest BCUT2D eigenvalue weighted by atomic mass is 10.1. The Bertz CT molecular complexity index is 1100. The van der Waals surface area contributed by atoms with Crippen LogP contribution in [0.25, 0.3) is 10.8 Å². The minimum Gasteiger partial charge on any atom is -0.484 e. The van der Waals surface area contributed by atoms with Gasteiger partial charge in [-0.05, 0) is 47.9 Å². The van der Waals surface area contributed by atoms with Crippen LogP contribution in [0.4, 0.5) is 5.69 Å². The molecule has 32 heavy (non-hydrogen) atoms. The number of amides is 2. The molecule has 6 nitrogen and oxygen atoms in total. The van der Waals surface area contributed by atoms with E-state index in [9.17, 15) is 9.59 Å². The fourth-order valence-corrected chi connectivity index (χ4v) is 4.04. The molecule has 2 amide bonds. The van der Waals surface area contributed by atoms with E-state index in [4.69, 9.17) is 4.74 Å². The van der Waals surface area contributed by atoms with Crippen molar-refractivity contribution in [1.82, 2.24) is 9.80 Å². The van der Waals surface area contributed by atoms with Crippen molar-refractivity contribution in [3.05, 3.63) is 71.8 Å². The zero-order valence-electron chi connectivity index (χ0n) is 18.6. The number of anilines is 1. The van der Waals surface area contributed by atoms with E-state index in [1.807, 2.05) is 74.5 Å². The van der Waals surface area contributed by atoms with Crippen LogP contribution in [0.2, 0.25) is 0 Å². The molecule has 0 unspecified atom stereocenters. The van der Waals surface area contributed by atoms with E-state index in [1.165, 1.54) is 0 Å². The van der Waals surface area contributed by atoms with E-state index < -0.39 is 0 Å². The van der Waals surface area contributed by atoms with Crippen molar-refractivity contribution >= 4 is 28.3 Å². The fourth-order valence-electron chi connectivity index (χ4n) is 4.04. The van der Waals surface area contributed by atoms with E-state index in [0.29, 0.717) is 38.5 Å². The number of carbonyl (C=O) groups excluding carboxylic acids is 2. The van der Waals surface area contributed by atoms with Crippen LogP contribution < -0.4 is 10.1 Å². The minimum absolute atomic E-state index is 0.0192. The monoisotopic (exact) mass is 431 g/mol. The molecule has 0 radical (unpaired) electrons. The number of aryl methyl sites for hydroxylation is 2. The Hall–Kier alpha value is -3.38. The third-order valence-corrected chi connectivity index (χ3v) is 5.92. The van der Waals surface area contributed by atoms with Crippen LogP contribution in [0.1, 0.15) is 11.1 Å². The van der Waals surface area contributed by atoms with Crippen molar-refractivity contribution in [3.8, 4) is 5.75 Å². The molecule has 4 rings (SSSR count). The van der Waals surface area contributed by atoms with Crippen LogP contribution in [-0.2, 0) is 9.59 Å². The Morgan fingerprint density at radius 3 is 2.28 bits per heavy atom. The molecule has 0 atom stereocenters. The standard InChI is InChI=1S/C26H29N3O3/c1-19-6-5-7-20(2)26(19)27-24(30)17-28-12-14-29(15-13-28)25(31)18-32-23-11-10-21-8-3-4-9-22(21)16-23/h3-11,16H,12-15,17-18H2,1-2H3,(H,27,30). The van der Waals surface area contributed by atoms with Crippen molar-refractivity contribution in [1.29, 1.82) is 0 Å². The summed E-state index contributed by atoms with van der Waals surface area (Å²) in [5.74, 6) is 0.637. The summed E-state index contributed by atoms with van der Waals surface area (Å²) >= 11 is 0. The Morgan fingerprint density at radius 1 is 0.875 bits per heavy atom. The molecule has 166 valence electrons. The van der Waals surface area contributed by atoms with Crippen molar-refractivity contribution in [2.75, 3.05) is 44.6 Å². The van der Waals surface area contributed by atoms with Gasteiger partial charge in [0.25, 0.3) is 5.91 Å². The van der Waals surface area contributed by atoms with Gasteiger partial charge in [-0.1, -0.05) is 48.5 Å². The third kappa shape index (κ3) is 5.26. The molecule has 0 saturated carbocycles. The van der Waals surface area contributed by atoms with Crippen LogP contribution in [-0.4, -0.2) is 60.9 Å². The zero-order valence-corrected chi connectivity index (χ0v) is 18.6. The quantitative estimate of drug-likeness (QED) is 0.648. The second-order valence-electron chi connectivity index (χ2n) is 8.27. The Labute approximate surface area is 188 Å². The van der Waals surface area contributed by atoms with E-state index in [-0.39, 0.29) is 18.4 Å². The lowest BCUT2D eigenvalue weighted by Gasteiger charge is -2.34. The molecule has 0 aliphatic carbocycles. The van der Waals surface area contributed by atoms with Gasteiger partial charge in [0.1, 0.15) is 5.75 Å². The largest absolute Gasteiger partial charge is 0.484 e. The predicted octanol–water partition coefficient (Wildman–Crippen LogP) is 3.62. The lowest BCUT2D eigenvalue weighted by molar-refractivity contribution is -0.135. The summed E-state index contributed by atoms with van der Waals surface area (Å²) in [7, 11) is 0. The Kier molecular flexibility index (Phi) is 6.71. The molecule has 1 saturated heterocycles. The van der Waals surface area contributed by atoms with E-state index >= 15 is 0 Å². The maximum atomic E-state index is 12.6. The maximum absolute atomic E-state index is 12.6. The van der Waals surface area contributed by atoms with Gasteiger partial charge in [-0.2, -0.15) is 0 Å². The van der Waals surface area contributed by atoms with E-state index in [2.05, 4.69) is 10.2 Å². The van der Waals surface area contributed by atoms with Crippen molar-refractivity contribution in [3.63, 3.8) is 0 Å². The summed E-state index contributed by atoms with van der Waals surface area (Å²) < 4.78 is 5.74. The number of ether oxygens (including phenoxy) is 1. The highest BCUT2D eigenvalue weighted by Crippen LogP contribution is 2.21. The molecule has 1 heterocycles. The summed E-state index contributed by atoms with van der Waals surface area (Å²) in [6.07, 6.45) is 0. The average molecular weight is 432 g/mol. The molecule has 1 aliphatic heterocycles. The van der Waals surface area contributed by atoms with Crippen LogP contribution in [0.5, 0.6) is 5.75 Å². The van der Waals surface area contributed by atoms with E-state index in [1.54, 1.807) is 4.90 Å². The van der Waals surface area contributed by atoms with Gasteiger partial charge in [-0.3, -0.25) is 14.5 Å². The first-order chi connectivity index (χ1) is 15.5. The fraction of sp³-hybridized carbons (Fsp3) is 0.308. The number of hydrogen-bond donors (Lipinski definition) is 1. The smallest absolute Gasteiger partial charge is 0.260 e. The molecular formula is C26H29N3O3. The van der Waals surface area contributed by atoms with Crippen molar-refractivity contribution in [2.45, 2.75) is 13.8 Å². The van der Waals surface area contributed by atoms with Gasteiger partial charge in [0.2, 0.25) is 5.91 Å². The van der Waals surface area contributed by atoms with Crippen LogP contribution in [0.15, 0.2) is 60.7 Å². The van der Waals surface area contributed by atoms with E-state index in [0.717, 1.165) is 27.6 Å². The molecule has 0 bridgehead atoms. The normalized spacial score (nSPS) is 14.4. The molecule has 6 heteroatoms. The summed E-state index contributed by atoms with van der Waals surface area (Å²) in [6.45, 7) is 6.85. The van der Waals surface area contributed by atoms with Gasteiger partial charge in [0.05, 0.1) is 6.54 Å². The highest BCUT2D eigenvalue weighted by Gasteiger charge is 2.23. The number of rotatable bonds is 6. The number of nitrogens with one attached hydrogen (secondary N) is 1. The number of nitrogens with zero attached hydrogens (tertiary/aromatic N) is 2. The Morgan fingerprint density at radius 2 is 1.56 bits per heavy atom. The number of piperazine rings is 1. The highest BCUT2D eigenvalue weighted by molar-refractivity contribution is 5.93. The molecule has 3 aromatic carbocycles. The van der Waals surface area contributed by atoms with Gasteiger partial charge < -0.3 is 15.0 Å². The molecular weight excluding hydrogens is 402 g/mol. The number of para-hydroxylation sites is 1. The third-order valence-electron chi connectivity index (χ3n) is 5.92. The minimum atomic E-state index is -0.0298. The summed E-state index contributed by atoms with van der Waals surface area (Å²) in [5, 5.41) is 5.26. The van der Waals surface area contributed by atoms with Crippen LogP contribution >= 0.6 is 0 Å². The highest BCUT2D eigenvalue weighted by atomic mass is 16.5. The van der Waals surface area contributed by atoms with Gasteiger partial charge in [0, 0.05) is 31.9 Å². The molecule has 1 fully saturated rings. The number of carbonyl (C=O) groups is 2. The number of fused-ring (bicyclic) bond motifs is 1. The maximum Gasteiger partial charge on any atom is 0.260 e. The number of benzene rings is 3. The average Bonchev–Trinajstić information content (AvgIpc) is 2.80. The first-order valence-electron chi connectivity index (χ1n) is 11.0. The molecule has 0 spiro atoms. The van der Waals surface area contributed by atoms with Gasteiger partial charge in [-0.15, -0.1) is 0 Å². The summed E-state index contributed by atoms with van der Waals surface area (Å²) in [5.41, 5.74) is 3.00. The molecule has 3 aromatic rings. The summed E-state index contributed by atoms with van der Waals surface area (Å²) in [4.78, 5) is 29.0.